The summed E-state index contributed by atoms with van der Waals surface area (Å²) < 4.78 is 0. The second kappa shape index (κ2) is 6.58. The summed E-state index contributed by atoms with van der Waals surface area (Å²) >= 11 is 6.08. The number of carbonyl (C=O) groups is 1. The van der Waals surface area contributed by atoms with Gasteiger partial charge in [0.2, 0.25) is 5.91 Å². The molecule has 2 rings (SSSR count). The fourth-order valence-corrected chi connectivity index (χ4v) is 2.40. The van der Waals surface area contributed by atoms with Crippen LogP contribution in [0, 0.1) is 6.92 Å². The van der Waals surface area contributed by atoms with Crippen molar-refractivity contribution >= 4 is 23.2 Å². The molecule has 1 N–H and O–H groups in total. The Bertz CT molecular complexity index is 595. The number of amides is 1. The maximum absolute atomic E-state index is 12.5. The molecule has 0 heterocycles. The van der Waals surface area contributed by atoms with Gasteiger partial charge in [0.05, 0.1) is 5.92 Å². The highest BCUT2D eigenvalue weighted by molar-refractivity contribution is 6.31. The van der Waals surface area contributed by atoms with Gasteiger partial charge in [-0.05, 0) is 36.6 Å². The first-order valence-corrected chi connectivity index (χ1v) is 7.12. The van der Waals surface area contributed by atoms with Gasteiger partial charge in [-0.25, -0.2) is 0 Å². The van der Waals surface area contributed by atoms with Crippen molar-refractivity contribution in [3.63, 3.8) is 0 Å². The molecule has 20 heavy (non-hydrogen) atoms. The molecular formula is C17H18ClNO. The van der Waals surface area contributed by atoms with Crippen LogP contribution < -0.4 is 5.32 Å². The van der Waals surface area contributed by atoms with Crippen LogP contribution in [0.4, 0.5) is 5.69 Å². The van der Waals surface area contributed by atoms with E-state index in [-0.39, 0.29) is 11.8 Å². The molecule has 2 aromatic rings. The van der Waals surface area contributed by atoms with Crippen molar-refractivity contribution in [1.29, 1.82) is 0 Å². The lowest BCUT2D eigenvalue weighted by Gasteiger charge is -2.17. The monoisotopic (exact) mass is 287 g/mol. The van der Waals surface area contributed by atoms with Crippen molar-refractivity contribution in [1.82, 2.24) is 0 Å². The van der Waals surface area contributed by atoms with Crippen molar-refractivity contribution in [2.24, 2.45) is 0 Å². The summed E-state index contributed by atoms with van der Waals surface area (Å²) in [5, 5.41) is 3.64. The largest absolute Gasteiger partial charge is 0.325 e. The predicted octanol–water partition coefficient (Wildman–Crippen LogP) is 4.78. The van der Waals surface area contributed by atoms with E-state index in [9.17, 15) is 4.79 Å². The molecular weight excluding hydrogens is 270 g/mol. The van der Waals surface area contributed by atoms with Gasteiger partial charge in [-0.15, -0.1) is 0 Å². The van der Waals surface area contributed by atoms with Crippen LogP contribution >= 0.6 is 11.6 Å². The number of carbonyl (C=O) groups excluding carboxylic acids is 1. The number of hydrogen-bond acceptors (Lipinski definition) is 1. The molecule has 0 aromatic heterocycles. The second-order valence-electron chi connectivity index (χ2n) is 4.77. The van der Waals surface area contributed by atoms with Crippen LogP contribution in [0.15, 0.2) is 48.5 Å². The molecule has 0 saturated carbocycles. The van der Waals surface area contributed by atoms with Crippen LogP contribution in [0.3, 0.4) is 0 Å². The highest BCUT2D eigenvalue weighted by atomic mass is 35.5. The van der Waals surface area contributed by atoms with E-state index in [0.29, 0.717) is 5.02 Å². The SMILES string of the molecule is CCC(C(=O)Nc1cccc(Cl)c1C)c1ccccc1. The molecule has 0 aliphatic carbocycles. The number of benzene rings is 2. The van der Waals surface area contributed by atoms with Crippen LogP contribution in [-0.2, 0) is 4.79 Å². The summed E-state index contributed by atoms with van der Waals surface area (Å²) in [6, 6.07) is 15.4. The molecule has 3 heteroatoms. The van der Waals surface area contributed by atoms with E-state index in [0.717, 1.165) is 23.2 Å². The minimum atomic E-state index is -0.144. The van der Waals surface area contributed by atoms with E-state index in [1.54, 1.807) is 0 Å². The zero-order valence-corrected chi connectivity index (χ0v) is 12.4. The number of halogens is 1. The zero-order chi connectivity index (χ0) is 14.5. The van der Waals surface area contributed by atoms with Gasteiger partial charge in [-0.3, -0.25) is 4.79 Å². The molecule has 1 unspecified atom stereocenters. The van der Waals surface area contributed by atoms with Gasteiger partial charge < -0.3 is 5.32 Å². The van der Waals surface area contributed by atoms with E-state index in [1.807, 2.05) is 62.4 Å². The van der Waals surface area contributed by atoms with Crippen molar-refractivity contribution in [2.45, 2.75) is 26.2 Å². The van der Waals surface area contributed by atoms with E-state index in [2.05, 4.69) is 5.32 Å². The Kier molecular flexibility index (Phi) is 4.80. The molecule has 0 radical (unpaired) electrons. The van der Waals surface area contributed by atoms with Crippen LogP contribution in [0.2, 0.25) is 5.02 Å². The lowest BCUT2D eigenvalue weighted by Crippen LogP contribution is -2.21. The highest BCUT2D eigenvalue weighted by Crippen LogP contribution is 2.26. The van der Waals surface area contributed by atoms with Crippen LogP contribution in [0.5, 0.6) is 0 Å². The maximum Gasteiger partial charge on any atom is 0.231 e. The molecule has 2 nitrogen and oxygen atoms in total. The topological polar surface area (TPSA) is 29.1 Å². The lowest BCUT2D eigenvalue weighted by atomic mass is 9.95. The van der Waals surface area contributed by atoms with Gasteiger partial charge in [0, 0.05) is 10.7 Å². The average molecular weight is 288 g/mol. The number of rotatable bonds is 4. The summed E-state index contributed by atoms with van der Waals surface area (Å²) in [5.74, 6) is -0.140. The smallest absolute Gasteiger partial charge is 0.231 e. The third kappa shape index (κ3) is 3.20. The summed E-state index contributed by atoms with van der Waals surface area (Å²) in [4.78, 5) is 12.5. The quantitative estimate of drug-likeness (QED) is 0.861. The van der Waals surface area contributed by atoms with Crippen LogP contribution in [-0.4, -0.2) is 5.91 Å². The Morgan fingerprint density at radius 3 is 2.50 bits per heavy atom. The Morgan fingerprint density at radius 1 is 1.15 bits per heavy atom. The summed E-state index contributed by atoms with van der Waals surface area (Å²) in [6.07, 6.45) is 0.759. The van der Waals surface area contributed by atoms with Crippen molar-refractivity contribution < 1.29 is 4.79 Å². The van der Waals surface area contributed by atoms with Crippen molar-refractivity contribution in [3.05, 3.63) is 64.7 Å². The van der Waals surface area contributed by atoms with Gasteiger partial charge in [-0.1, -0.05) is 54.9 Å². The third-order valence-electron chi connectivity index (χ3n) is 3.45. The molecule has 0 bridgehead atoms. The zero-order valence-electron chi connectivity index (χ0n) is 11.7. The standard InChI is InChI=1S/C17H18ClNO/c1-3-14(13-8-5-4-6-9-13)17(20)19-16-11-7-10-15(18)12(16)2/h4-11,14H,3H2,1-2H3,(H,19,20). The fraction of sp³-hybridized carbons (Fsp3) is 0.235. The van der Waals surface area contributed by atoms with Gasteiger partial charge in [0.25, 0.3) is 0 Å². The highest BCUT2D eigenvalue weighted by Gasteiger charge is 2.19. The third-order valence-corrected chi connectivity index (χ3v) is 3.86. The van der Waals surface area contributed by atoms with E-state index >= 15 is 0 Å². The second-order valence-corrected chi connectivity index (χ2v) is 5.18. The summed E-state index contributed by atoms with van der Waals surface area (Å²) in [5.41, 5.74) is 2.70. The number of nitrogens with one attached hydrogen (secondary N) is 1. The first-order valence-electron chi connectivity index (χ1n) is 6.74. The Labute approximate surface area is 124 Å². The first kappa shape index (κ1) is 14.6. The molecule has 0 aliphatic rings. The molecule has 104 valence electrons. The van der Waals surface area contributed by atoms with Crippen molar-refractivity contribution in [2.75, 3.05) is 5.32 Å². The molecule has 0 fully saturated rings. The van der Waals surface area contributed by atoms with Gasteiger partial charge in [-0.2, -0.15) is 0 Å². The Balaban J connectivity index is 2.20. The summed E-state index contributed by atoms with van der Waals surface area (Å²) in [7, 11) is 0. The summed E-state index contributed by atoms with van der Waals surface area (Å²) in [6.45, 7) is 3.92. The fourth-order valence-electron chi connectivity index (χ4n) is 2.22. The minimum absolute atomic E-state index is 0.00377. The van der Waals surface area contributed by atoms with E-state index in [1.165, 1.54) is 0 Å². The van der Waals surface area contributed by atoms with Crippen LogP contribution in [0.25, 0.3) is 0 Å². The molecule has 0 saturated heterocycles. The number of hydrogen-bond donors (Lipinski definition) is 1. The lowest BCUT2D eigenvalue weighted by molar-refractivity contribution is -0.117. The van der Waals surface area contributed by atoms with E-state index < -0.39 is 0 Å². The molecule has 0 aliphatic heterocycles. The minimum Gasteiger partial charge on any atom is -0.325 e. The van der Waals surface area contributed by atoms with Gasteiger partial charge in [0.1, 0.15) is 0 Å². The van der Waals surface area contributed by atoms with Gasteiger partial charge in [0.15, 0.2) is 0 Å². The first-order chi connectivity index (χ1) is 9.63. The van der Waals surface area contributed by atoms with E-state index in [4.69, 9.17) is 11.6 Å². The molecule has 1 atom stereocenters. The number of anilines is 1. The average Bonchev–Trinajstić information content (AvgIpc) is 2.46. The van der Waals surface area contributed by atoms with Crippen molar-refractivity contribution in [3.8, 4) is 0 Å². The molecule has 1 amide bonds. The Hall–Kier alpha value is -1.80. The van der Waals surface area contributed by atoms with Crippen LogP contribution in [0.1, 0.15) is 30.4 Å². The normalized spacial score (nSPS) is 11.9. The van der Waals surface area contributed by atoms with Gasteiger partial charge >= 0.3 is 0 Å². The Morgan fingerprint density at radius 2 is 1.85 bits per heavy atom. The molecule has 0 spiro atoms. The molecule has 2 aromatic carbocycles. The maximum atomic E-state index is 12.5. The predicted molar refractivity (Wildman–Crippen MR) is 84.3 cm³/mol.